The quantitative estimate of drug-likeness (QED) is 0.249. The number of hydrogen-bond donors (Lipinski definition) is 0. The Hall–Kier alpha value is -3.60. The lowest BCUT2D eigenvalue weighted by molar-refractivity contribution is -0.129. The summed E-state index contributed by atoms with van der Waals surface area (Å²) in [5.41, 5.74) is 5.08. The van der Waals surface area contributed by atoms with E-state index in [2.05, 4.69) is 14.7 Å². The zero-order valence-electron chi connectivity index (χ0n) is 24.1. The van der Waals surface area contributed by atoms with Crippen LogP contribution in [-0.4, -0.2) is 63.0 Å². The highest BCUT2D eigenvalue weighted by Crippen LogP contribution is 2.43. The highest BCUT2D eigenvalue weighted by atomic mass is 19.3. The van der Waals surface area contributed by atoms with Crippen LogP contribution in [0, 0.1) is 0 Å². The van der Waals surface area contributed by atoms with Crippen LogP contribution in [0.4, 0.5) is 20.3 Å². The Balaban J connectivity index is 1.38. The van der Waals surface area contributed by atoms with E-state index in [0.29, 0.717) is 56.9 Å². The number of nitrogens with zero attached hydrogens (tertiary/aromatic N) is 6. The predicted octanol–water partition coefficient (Wildman–Crippen LogP) is 5.39. The van der Waals surface area contributed by atoms with Gasteiger partial charge in [0.25, 0.3) is 6.43 Å². The number of fused-ring (bicyclic) bond motifs is 2. The Kier molecular flexibility index (Phi) is 8.37. The van der Waals surface area contributed by atoms with E-state index in [4.69, 9.17) is 9.84 Å². The lowest BCUT2D eigenvalue weighted by Crippen LogP contribution is -2.36. The maximum atomic E-state index is 14.6. The Morgan fingerprint density at radius 3 is 2.76 bits per heavy atom. The third kappa shape index (κ3) is 5.58. The molecule has 3 aliphatic heterocycles. The standard InChI is InChI=1S/C31H38F2N6O3/c1-21(41)36-12-7-28-27(20-36)31(35-39(28)24-8-14-42-15-9-24)38-11-5-6-22-16-25(26(30(32)33)17-29(22)38)23-18-34-37(19-23)10-3-2-4-13-40/h13,16-19,24,30H,2-12,14-15,20H2,1H3. The van der Waals surface area contributed by atoms with Crippen LogP contribution >= 0.6 is 0 Å². The molecule has 1 saturated heterocycles. The number of unbranched alkanes of at least 4 members (excludes halogenated alkanes) is 2. The highest BCUT2D eigenvalue weighted by Gasteiger charge is 2.34. The lowest BCUT2D eigenvalue weighted by Gasteiger charge is -2.33. The van der Waals surface area contributed by atoms with E-state index in [9.17, 15) is 18.4 Å². The fourth-order valence-corrected chi connectivity index (χ4v) is 6.57. The van der Waals surface area contributed by atoms with Crippen molar-refractivity contribution in [2.75, 3.05) is 31.2 Å². The summed E-state index contributed by atoms with van der Waals surface area (Å²) in [7, 11) is 0. The first-order valence-corrected chi connectivity index (χ1v) is 15.1. The van der Waals surface area contributed by atoms with Crippen LogP contribution in [0.15, 0.2) is 24.5 Å². The molecular formula is C31H38F2N6O3. The number of ether oxygens (including phenoxy) is 1. The van der Waals surface area contributed by atoms with Gasteiger partial charge in [0.2, 0.25) is 5.91 Å². The molecule has 2 aromatic heterocycles. The van der Waals surface area contributed by atoms with E-state index < -0.39 is 6.43 Å². The largest absolute Gasteiger partial charge is 0.381 e. The van der Waals surface area contributed by atoms with Crippen LogP contribution in [0.1, 0.15) is 80.3 Å². The van der Waals surface area contributed by atoms with Crippen LogP contribution in [0.25, 0.3) is 11.1 Å². The minimum absolute atomic E-state index is 0.0238. The summed E-state index contributed by atoms with van der Waals surface area (Å²) in [6.07, 6.45) is 7.92. The number of hydrogen-bond acceptors (Lipinski definition) is 6. The number of alkyl halides is 2. The van der Waals surface area contributed by atoms with Gasteiger partial charge in [-0.25, -0.2) is 8.78 Å². The second kappa shape index (κ2) is 12.3. The van der Waals surface area contributed by atoms with E-state index in [0.717, 1.165) is 79.6 Å². The molecule has 9 nitrogen and oxygen atoms in total. The van der Waals surface area contributed by atoms with Crippen LogP contribution in [0.5, 0.6) is 0 Å². The summed E-state index contributed by atoms with van der Waals surface area (Å²) in [6.45, 7) is 5.40. The van der Waals surface area contributed by atoms with Gasteiger partial charge >= 0.3 is 0 Å². The average Bonchev–Trinajstić information content (AvgIpc) is 3.63. The number of aryl methyl sites for hydroxylation is 2. The number of halogens is 2. The van der Waals surface area contributed by atoms with E-state index >= 15 is 0 Å². The number of carbonyl (C=O) groups is 2. The molecule has 0 aliphatic carbocycles. The van der Waals surface area contributed by atoms with Crippen molar-refractivity contribution in [3.05, 3.63) is 46.9 Å². The van der Waals surface area contributed by atoms with Gasteiger partial charge in [0, 0.05) is 86.9 Å². The number of benzene rings is 1. The van der Waals surface area contributed by atoms with E-state index in [-0.39, 0.29) is 17.5 Å². The molecule has 0 saturated carbocycles. The van der Waals surface area contributed by atoms with Crippen molar-refractivity contribution in [2.24, 2.45) is 0 Å². The van der Waals surface area contributed by atoms with Gasteiger partial charge in [-0.05, 0) is 61.8 Å². The molecule has 3 aromatic rings. The first-order valence-electron chi connectivity index (χ1n) is 15.1. The fourth-order valence-electron chi connectivity index (χ4n) is 6.57. The van der Waals surface area contributed by atoms with Crippen molar-refractivity contribution in [3.8, 4) is 11.1 Å². The molecule has 224 valence electrons. The topological polar surface area (TPSA) is 85.5 Å². The van der Waals surface area contributed by atoms with Gasteiger partial charge in [-0.2, -0.15) is 10.2 Å². The molecule has 0 unspecified atom stereocenters. The van der Waals surface area contributed by atoms with E-state index in [1.807, 2.05) is 17.2 Å². The molecule has 1 amide bonds. The van der Waals surface area contributed by atoms with Gasteiger partial charge < -0.3 is 19.3 Å². The monoisotopic (exact) mass is 580 g/mol. The molecule has 0 spiro atoms. The zero-order chi connectivity index (χ0) is 29.2. The normalized spacial score (nSPS) is 17.4. The molecule has 3 aliphatic rings. The average molecular weight is 581 g/mol. The number of rotatable bonds is 9. The van der Waals surface area contributed by atoms with E-state index in [1.165, 1.54) is 0 Å². The second-order valence-electron chi connectivity index (χ2n) is 11.5. The zero-order valence-corrected chi connectivity index (χ0v) is 24.1. The molecule has 6 rings (SSSR count). The lowest BCUT2D eigenvalue weighted by atomic mass is 9.92. The van der Waals surface area contributed by atoms with Crippen LogP contribution in [0.2, 0.25) is 0 Å². The van der Waals surface area contributed by atoms with Gasteiger partial charge in [0.1, 0.15) is 6.29 Å². The molecular weight excluding hydrogens is 542 g/mol. The van der Waals surface area contributed by atoms with Crippen molar-refractivity contribution >= 4 is 23.7 Å². The van der Waals surface area contributed by atoms with Gasteiger partial charge in [-0.1, -0.05) is 0 Å². The molecule has 0 N–H and O–H groups in total. The molecule has 5 heterocycles. The van der Waals surface area contributed by atoms with Crippen molar-refractivity contribution < 1.29 is 23.1 Å². The van der Waals surface area contributed by atoms with Gasteiger partial charge in [-0.3, -0.25) is 14.2 Å². The Morgan fingerprint density at radius 1 is 1.17 bits per heavy atom. The fraction of sp³-hybridized carbons (Fsp3) is 0.548. The summed E-state index contributed by atoms with van der Waals surface area (Å²) in [4.78, 5) is 26.9. The van der Waals surface area contributed by atoms with Crippen molar-refractivity contribution in [3.63, 3.8) is 0 Å². The van der Waals surface area contributed by atoms with Crippen LogP contribution in [0.3, 0.4) is 0 Å². The van der Waals surface area contributed by atoms with Crippen LogP contribution in [-0.2, 0) is 40.3 Å². The number of amides is 1. The van der Waals surface area contributed by atoms with Crippen molar-refractivity contribution in [1.82, 2.24) is 24.5 Å². The minimum Gasteiger partial charge on any atom is -0.381 e. The van der Waals surface area contributed by atoms with Gasteiger partial charge in [0.05, 0.1) is 18.8 Å². The number of carbonyl (C=O) groups excluding carboxylic acids is 2. The maximum Gasteiger partial charge on any atom is 0.264 e. The first-order chi connectivity index (χ1) is 20.4. The Labute approximate surface area is 244 Å². The van der Waals surface area contributed by atoms with Crippen LogP contribution < -0.4 is 4.90 Å². The number of aldehydes is 1. The molecule has 42 heavy (non-hydrogen) atoms. The third-order valence-corrected chi connectivity index (χ3v) is 8.81. The predicted molar refractivity (Wildman–Crippen MR) is 154 cm³/mol. The molecule has 11 heteroatoms. The van der Waals surface area contributed by atoms with Crippen molar-refractivity contribution in [1.29, 1.82) is 0 Å². The summed E-state index contributed by atoms with van der Waals surface area (Å²) in [5.74, 6) is 0.804. The maximum absolute atomic E-state index is 14.6. The second-order valence-corrected chi connectivity index (χ2v) is 11.5. The third-order valence-electron chi connectivity index (χ3n) is 8.81. The Morgan fingerprint density at radius 2 is 2.00 bits per heavy atom. The SMILES string of the molecule is CC(=O)N1CCc2c(c(N3CCCc4cc(-c5cnn(CCCCC=O)c5)c(C(F)F)cc43)nn2C2CCOCC2)C1. The summed E-state index contributed by atoms with van der Waals surface area (Å²) in [6, 6.07) is 3.77. The minimum atomic E-state index is -2.66. The molecule has 1 fully saturated rings. The molecule has 1 aromatic carbocycles. The highest BCUT2D eigenvalue weighted by molar-refractivity contribution is 5.78. The van der Waals surface area contributed by atoms with Gasteiger partial charge in [-0.15, -0.1) is 0 Å². The summed E-state index contributed by atoms with van der Waals surface area (Å²) < 4.78 is 38.7. The number of aromatic nitrogens is 4. The molecule has 0 radical (unpaired) electrons. The van der Waals surface area contributed by atoms with E-state index in [1.54, 1.807) is 23.9 Å². The van der Waals surface area contributed by atoms with Crippen molar-refractivity contribution in [2.45, 2.75) is 83.8 Å². The van der Waals surface area contributed by atoms with Gasteiger partial charge in [0.15, 0.2) is 5.82 Å². The Bertz CT molecular complexity index is 1440. The number of anilines is 2. The molecule has 0 atom stereocenters. The smallest absolute Gasteiger partial charge is 0.264 e. The first kappa shape index (κ1) is 28.5. The summed E-state index contributed by atoms with van der Waals surface area (Å²) >= 11 is 0. The summed E-state index contributed by atoms with van der Waals surface area (Å²) in [5, 5.41) is 9.56. The molecule has 0 bridgehead atoms.